The summed E-state index contributed by atoms with van der Waals surface area (Å²) in [5, 5.41) is 14.3. The van der Waals surface area contributed by atoms with Gasteiger partial charge in [-0.3, -0.25) is 4.79 Å². The van der Waals surface area contributed by atoms with Crippen molar-refractivity contribution in [3.05, 3.63) is 45.2 Å². The van der Waals surface area contributed by atoms with E-state index in [0.29, 0.717) is 21.6 Å². The molecule has 7 nitrogen and oxygen atoms in total. The maximum Gasteiger partial charge on any atom is 0.348 e. The molecule has 0 aliphatic rings. The molecule has 0 aliphatic heterocycles. The third-order valence-corrected chi connectivity index (χ3v) is 6.78. The van der Waals surface area contributed by atoms with Gasteiger partial charge in [0.15, 0.2) is 5.16 Å². The summed E-state index contributed by atoms with van der Waals surface area (Å²) in [5.41, 5.74) is 0.791. The number of hydrogen-bond donors (Lipinski definition) is 1. The molecule has 0 bridgehead atoms. The van der Waals surface area contributed by atoms with E-state index in [0.717, 1.165) is 18.5 Å². The van der Waals surface area contributed by atoms with Crippen LogP contribution in [-0.2, 0) is 22.5 Å². The smallest absolute Gasteiger partial charge is 0.348 e. The first kappa shape index (κ1) is 20.6. The van der Waals surface area contributed by atoms with Crippen molar-refractivity contribution in [3.8, 4) is 0 Å². The summed E-state index contributed by atoms with van der Waals surface area (Å²) in [5.74, 6) is -0.309. The highest BCUT2D eigenvalue weighted by atomic mass is 32.2. The summed E-state index contributed by atoms with van der Waals surface area (Å²) in [4.78, 5) is 26.0. The molecule has 0 radical (unpaired) electrons. The number of thioether (sulfide) groups is 1. The fourth-order valence-corrected chi connectivity index (χ4v) is 4.86. The van der Waals surface area contributed by atoms with Gasteiger partial charge in [-0.1, -0.05) is 17.8 Å². The molecule has 3 aromatic rings. The van der Waals surface area contributed by atoms with Gasteiger partial charge >= 0.3 is 5.97 Å². The predicted molar refractivity (Wildman–Crippen MR) is 112 cm³/mol. The van der Waals surface area contributed by atoms with Crippen LogP contribution in [0.5, 0.6) is 0 Å². The summed E-state index contributed by atoms with van der Waals surface area (Å²) >= 11 is 4.28. The van der Waals surface area contributed by atoms with Gasteiger partial charge in [-0.25, -0.2) is 4.79 Å². The van der Waals surface area contributed by atoms with Gasteiger partial charge in [0, 0.05) is 11.4 Å². The van der Waals surface area contributed by atoms with E-state index in [2.05, 4.69) is 27.0 Å². The normalized spacial score (nSPS) is 10.8. The molecule has 0 saturated heterocycles. The number of aromatic nitrogens is 3. The van der Waals surface area contributed by atoms with E-state index in [1.807, 2.05) is 17.6 Å². The van der Waals surface area contributed by atoms with Gasteiger partial charge in [-0.15, -0.1) is 32.9 Å². The quantitative estimate of drug-likeness (QED) is 0.405. The molecule has 3 aromatic heterocycles. The summed E-state index contributed by atoms with van der Waals surface area (Å²) < 4.78 is 6.97. The molecule has 10 heteroatoms. The van der Waals surface area contributed by atoms with Gasteiger partial charge in [0.05, 0.1) is 17.4 Å². The molecule has 0 spiro atoms. The molecule has 148 valence electrons. The third kappa shape index (κ3) is 5.43. The fraction of sp³-hybridized carbons (Fsp3) is 0.333. The second kappa shape index (κ2) is 9.85. The zero-order valence-corrected chi connectivity index (χ0v) is 18.0. The van der Waals surface area contributed by atoms with E-state index in [1.165, 1.54) is 28.0 Å². The van der Waals surface area contributed by atoms with Crippen molar-refractivity contribution in [1.29, 1.82) is 0 Å². The van der Waals surface area contributed by atoms with Crippen LogP contribution in [0.4, 0.5) is 5.00 Å². The lowest BCUT2D eigenvalue weighted by Crippen LogP contribution is -2.14. The average Bonchev–Trinajstić information content (AvgIpc) is 3.39. The molecule has 0 saturated carbocycles. The lowest BCUT2D eigenvalue weighted by molar-refractivity contribution is -0.113. The van der Waals surface area contributed by atoms with Crippen molar-refractivity contribution in [3.63, 3.8) is 0 Å². The number of amides is 1. The number of anilines is 1. The molecule has 28 heavy (non-hydrogen) atoms. The second-order valence-corrected chi connectivity index (χ2v) is 8.84. The van der Waals surface area contributed by atoms with E-state index in [9.17, 15) is 9.59 Å². The van der Waals surface area contributed by atoms with Crippen molar-refractivity contribution in [2.24, 2.45) is 0 Å². The Morgan fingerprint density at radius 2 is 2.25 bits per heavy atom. The number of hydrogen-bond acceptors (Lipinski definition) is 8. The van der Waals surface area contributed by atoms with Crippen LogP contribution in [0.3, 0.4) is 0 Å². The molecular formula is C18H20N4O3S3. The number of aryl methyl sites for hydroxylation is 3. The standard InChI is InChI=1S/C18H20N4O3S3/c1-3-25-17(24)16-12(2)9-15(28-16)20-14(23)10-27-18-21-19-11-22(18)7-6-13-5-4-8-26-13/h4-5,8-9,11H,3,6-7,10H2,1-2H3,(H,20,23). The van der Waals surface area contributed by atoms with Crippen LogP contribution in [-0.4, -0.2) is 39.0 Å². The number of nitrogens with one attached hydrogen (secondary N) is 1. The second-order valence-electron chi connectivity index (χ2n) is 5.82. The van der Waals surface area contributed by atoms with Gasteiger partial charge in [-0.2, -0.15) is 0 Å². The summed E-state index contributed by atoms with van der Waals surface area (Å²) in [6, 6.07) is 5.91. The van der Waals surface area contributed by atoms with Crippen LogP contribution in [0, 0.1) is 6.92 Å². The first-order chi connectivity index (χ1) is 13.6. The van der Waals surface area contributed by atoms with Gasteiger partial charge in [0.2, 0.25) is 5.91 Å². The van der Waals surface area contributed by atoms with Gasteiger partial charge < -0.3 is 14.6 Å². The first-order valence-electron chi connectivity index (χ1n) is 8.67. The lowest BCUT2D eigenvalue weighted by atomic mass is 10.3. The van der Waals surface area contributed by atoms with E-state index in [4.69, 9.17) is 4.74 Å². The molecule has 0 aromatic carbocycles. The van der Waals surface area contributed by atoms with Gasteiger partial charge in [0.1, 0.15) is 11.2 Å². The molecule has 0 aliphatic carbocycles. The monoisotopic (exact) mass is 436 g/mol. The summed E-state index contributed by atoms with van der Waals surface area (Å²) in [6.45, 7) is 4.68. The SMILES string of the molecule is CCOC(=O)c1sc(NC(=O)CSc2nncn2CCc2cccs2)cc1C. The molecule has 0 atom stereocenters. The predicted octanol–water partition coefficient (Wildman–Crippen LogP) is 3.86. The third-order valence-electron chi connectivity index (χ3n) is 3.73. The van der Waals surface area contributed by atoms with Crippen molar-refractivity contribution in [2.75, 3.05) is 17.7 Å². The van der Waals surface area contributed by atoms with Crippen LogP contribution in [0.15, 0.2) is 35.1 Å². The van der Waals surface area contributed by atoms with E-state index >= 15 is 0 Å². The highest BCUT2D eigenvalue weighted by Gasteiger charge is 2.16. The lowest BCUT2D eigenvalue weighted by Gasteiger charge is -2.05. The van der Waals surface area contributed by atoms with Crippen LogP contribution in [0.1, 0.15) is 27.0 Å². The van der Waals surface area contributed by atoms with Crippen molar-refractivity contribution < 1.29 is 14.3 Å². The summed E-state index contributed by atoms with van der Waals surface area (Å²) in [7, 11) is 0. The Kier molecular flexibility index (Phi) is 7.24. The minimum Gasteiger partial charge on any atom is -0.462 e. The number of carbonyl (C=O) groups is 2. The largest absolute Gasteiger partial charge is 0.462 e. The number of esters is 1. The number of nitrogens with zero attached hydrogens (tertiary/aromatic N) is 3. The van der Waals surface area contributed by atoms with Crippen LogP contribution in [0.2, 0.25) is 0 Å². The molecule has 1 amide bonds. The minimum absolute atomic E-state index is 0.158. The van der Waals surface area contributed by atoms with Crippen LogP contribution >= 0.6 is 34.4 Å². The number of thiophene rings is 2. The zero-order valence-electron chi connectivity index (χ0n) is 15.5. The zero-order chi connectivity index (χ0) is 19.9. The Bertz CT molecular complexity index is 934. The number of carbonyl (C=O) groups excluding carboxylic acids is 2. The van der Waals surface area contributed by atoms with E-state index < -0.39 is 0 Å². The molecule has 3 rings (SSSR count). The number of rotatable bonds is 9. The molecule has 0 unspecified atom stereocenters. The van der Waals surface area contributed by atoms with Crippen molar-refractivity contribution >= 4 is 51.3 Å². The maximum absolute atomic E-state index is 12.3. The van der Waals surface area contributed by atoms with Gasteiger partial charge in [0.25, 0.3) is 0 Å². The Morgan fingerprint density at radius 1 is 1.39 bits per heavy atom. The Hall–Kier alpha value is -2.17. The van der Waals surface area contributed by atoms with Crippen LogP contribution in [0.25, 0.3) is 0 Å². The molecular weight excluding hydrogens is 416 g/mol. The van der Waals surface area contributed by atoms with E-state index in [1.54, 1.807) is 30.7 Å². The highest BCUT2D eigenvalue weighted by molar-refractivity contribution is 7.99. The van der Waals surface area contributed by atoms with Gasteiger partial charge in [-0.05, 0) is 43.3 Å². The Morgan fingerprint density at radius 3 is 3.00 bits per heavy atom. The molecule has 3 heterocycles. The number of ether oxygens (including phenoxy) is 1. The van der Waals surface area contributed by atoms with Crippen molar-refractivity contribution in [1.82, 2.24) is 14.8 Å². The fourth-order valence-electron chi connectivity index (χ4n) is 2.44. The average molecular weight is 437 g/mol. The highest BCUT2D eigenvalue weighted by Crippen LogP contribution is 2.27. The Labute approximate surface area is 175 Å². The molecule has 0 fully saturated rings. The van der Waals surface area contributed by atoms with E-state index in [-0.39, 0.29) is 17.6 Å². The molecule has 1 N–H and O–H groups in total. The van der Waals surface area contributed by atoms with Crippen molar-refractivity contribution in [2.45, 2.75) is 32.0 Å². The Balaban J connectivity index is 1.52. The first-order valence-corrected chi connectivity index (χ1v) is 11.4. The van der Waals surface area contributed by atoms with Crippen LogP contribution < -0.4 is 5.32 Å². The summed E-state index contributed by atoms with van der Waals surface area (Å²) in [6.07, 6.45) is 2.59. The topological polar surface area (TPSA) is 86.1 Å². The maximum atomic E-state index is 12.3. The minimum atomic E-state index is -0.362.